The van der Waals surface area contributed by atoms with Gasteiger partial charge in [0.05, 0.1) is 17.6 Å². The van der Waals surface area contributed by atoms with Crippen molar-refractivity contribution in [1.29, 1.82) is 0 Å². The van der Waals surface area contributed by atoms with E-state index in [2.05, 4.69) is 52.3 Å². The molecule has 0 atom stereocenters. The van der Waals surface area contributed by atoms with E-state index < -0.39 is 0 Å². The molecule has 0 amide bonds. The van der Waals surface area contributed by atoms with Gasteiger partial charge in [0.1, 0.15) is 0 Å². The van der Waals surface area contributed by atoms with E-state index in [-0.39, 0.29) is 18.1 Å². The standard InChI is InChI=1S/C27H26N4O.ClH/c32-27-30(25-12-6-7-13-26(25)31(27)18-20-8-2-1-3-9-20)17-16-29-15-14-22-21-10-4-5-11-23(21)28-24(22)19-29;/h1-13,28H,14-19H2;1H. The summed E-state index contributed by atoms with van der Waals surface area (Å²) in [6.07, 6.45) is 1.05. The summed E-state index contributed by atoms with van der Waals surface area (Å²) in [7, 11) is 0. The predicted molar refractivity (Wildman–Crippen MR) is 136 cm³/mol. The second-order valence-corrected chi connectivity index (χ2v) is 8.65. The minimum atomic E-state index is 0. The summed E-state index contributed by atoms with van der Waals surface area (Å²) in [6.45, 7) is 4.06. The van der Waals surface area contributed by atoms with Crippen molar-refractivity contribution < 1.29 is 0 Å². The Balaban J connectivity index is 0.00000228. The molecule has 5 aromatic rings. The molecular weight excluding hydrogens is 432 g/mol. The second-order valence-electron chi connectivity index (χ2n) is 8.65. The lowest BCUT2D eigenvalue weighted by Crippen LogP contribution is -2.35. The van der Waals surface area contributed by atoms with E-state index in [1.807, 2.05) is 45.5 Å². The monoisotopic (exact) mass is 458 g/mol. The van der Waals surface area contributed by atoms with E-state index in [1.165, 1.54) is 22.2 Å². The molecule has 0 aliphatic carbocycles. The molecule has 0 saturated carbocycles. The summed E-state index contributed by atoms with van der Waals surface area (Å²) in [6, 6.07) is 26.9. The van der Waals surface area contributed by atoms with Gasteiger partial charge in [-0.05, 0) is 35.7 Å². The molecule has 6 heteroatoms. The first-order chi connectivity index (χ1) is 15.8. The third-order valence-electron chi connectivity index (χ3n) is 6.71. The molecule has 2 aromatic heterocycles. The Morgan fingerprint density at radius 2 is 1.48 bits per heavy atom. The number of nitrogens with one attached hydrogen (secondary N) is 1. The first-order valence-corrected chi connectivity index (χ1v) is 11.3. The summed E-state index contributed by atoms with van der Waals surface area (Å²) in [5.74, 6) is 0. The zero-order valence-electron chi connectivity index (χ0n) is 18.4. The molecular formula is C27H27ClN4O. The van der Waals surface area contributed by atoms with Gasteiger partial charge in [0, 0.05) is 42.8 Å². The van der Waals surface area contributed by atoms with Gasteiger partial charge in [0.15, 0.2) is 0 Å². The Hall–Kier alpha value is -3.28. The third-order valence-corrected chi connectivity index (χ3v) is 6.71. The number of aromatic nitrogens is 3. The summed E-state index contributed by atoms with van der Waals surface area (Å²) >= 11 is 0. The highest BCUT2D eigenvalue weighted by molar-refractivity contribution is 5.85. The van der Waals surface area contributed by atoms with E-state index in [0.717, 1.165) is 42.7 Å². The van der Waals surface area contributed by atoms with E-state index >= 15 is 0 Å². The smallest absolute Gasteiger partial charge is 0.329 e. The highest BCUT2D eigenvalue weighted by Crippen LogP contribution is 2.27. The number of hydrogen-bond donors (Lipinski definition) is 1. The fraction of sp³-hybridized carbons (Fsp3) is 0.222. The van der Waals surface area contributed by atoms with Crippen molar-refractivity contribution in [3.05, 3.63) is 106 Å². The summed E-state index contributed by atoms with van der Waals surface area (Å²) in [4.78, 5) is 19.4. The Morgan fingerprint density at radius 1 is 0.788 bits per heavy atom. The van der Waals surface area contributed by atoms with Crippen molar-refractivity contribution in [2.24, 2.45) is 0 Å². The fourth-order valence-electron chi connectivity index (χ4n) is 5.09. The lowest BCUT2D eigenvalue weighted by atomic mass is 10.0. The van der Waals surface area contributed by atoms with Crippen LogP contribution < -0.4 is 5.69 Å². The molecule has 0 unspecified atom stereocenters. The molecule has 0 fully saturated rings. The molecule has 1 aliphatic heterocycles. The second kappa shape index (κ2) is 8.93. The first-order valence-electron chi connectivity index (χ1n) is 11.3. The lowest BCUT2D eigenvalue weighted by Gasteiger charge is -2.27. The molecule has 1 aliphatic rings. The molecule has 0 saturated heterocycles. The van der Waals surface area contributed by atoms with Crippen LogP contribution in [0.5, 0.6) is 0 Å². The van der Waals surface area contributed by atoms with Gasteiger partial charge in [-0.1, -0.05) is 60.7 Å². The molecule has 1 N–H and O–H groups in total. The van der Waals surface area contributed by atoms with Crippen LogP contribution in [0.15, 0.2) is 83.7 Å². The van der Waals surface area contributed by atoms with Crippen molar-refractivity contribution >= 4 is 34.3 Å². The van der Waals surface area contributed by atoms with Crippen LogP contribution in [0.2, 0.25) is 0 Å². The van der Waals surface area contributed by atoms with Crippen LogP contribution >= 0.6 is 12.4 Å². The normalized spacial score (nSPS) is 13.8. The molecule has 0 spiro atoms. The van der Waals surface area contributed by atoms with E-state index in [9.17, 15) is 4.79 Å². The average Bonchev–Trinajstić information content (AvgIpc) is 3.33. The van der Waals surface area contributed by atoms with Crippen LogP contribution in [0.1, 0.15) is 16.8 Å². The number of halogens is 1. The van der Waals surface area contributed by atoms with Gasteiger partial charge in [0.2, 0.25) is 0 Å². The van der Waals surface area contributed by atoms with Gasteiger partial charge < -0.3 is 4.98 Å². The number of benzene rings is 3. The molecule has 0 bridgehead atoms. The molecule has 6 rings (SSSR count). The maximum atomic E-state index is 13.4. The minimum Gasteiger partial charge on any atom is -0.357 e. The third kappa shape index (κ3) is 3.88. The van der Waals surface area contributed by atoms with Crippen molar-refractivity contribution in [2.45, 2.75) is 26.1 Å². The minimum absolute atomic E-state index is 0. The zero-order chi connectivity index (χ0) is 21.5. The Morgan fingerprint density at radius 3 is 2.30 bits per heavy atom. The average molecular weight is 459 g/mol. The van der Waals surface area contributed by atoms with Gasteiger partial charge >= 0.3 is 5.69 Å². The van der Waals surface area contributed by atoms with Crippen molar-refractivity contribution in [2.75, 3.05) is 13.1 Å². The largest absolute Gasteiger partial charge is 0.357 e. The van der Waals surface area contributed by atoms with Crippen LogP contribution in [-0.2, 0) is 26.1 Å². The van der Waals surface area contributed by atoms with Crippen LogP contribution in [0.3, 0.4) is 0 Å². The van der Waals surface area contributed by atoms with Gasteiger partial charge in [-0.15, -0.1) is 12.4 Å². The number of imidazole rings is 1. The van der Waals surface area contributed by atoms with Crippen molar-refractivity contribution in [3.63, 3.8) is 0 Å². The number of fused-ring (bicyclic) bond motifs is 4. The number of para-hydroxylation sites is 3. The molecule has 33 heavy (non-hydrogen) atoms. The lowest BCUT2D eigenvalue weighted by molar-refractivity contribution is 0.242. The number of hydrogen-bond acceptors (Lipinski definition) is 2. The highest BCUT2D eigenvalue weighted by Gasteiger charge is 2.21. The van der Waals surface area contributed by atoms with E-state index in [1.54, 1.807) is 0 Å². The zero-order valence-corrected chi connectivity index (χ0v) is 19.2. The van der Waals surface area contributed by atoms with Crippen molar-refractivity contribution in [1.82, 2.24) is 19.0 Å². The molecule has 5 nitrogen and oxygen atoms in total. The van der Waals surface area contributed by atoms with Gasteiger partial charge in [0.25, 0.3) is 0 Å². The van der Waals surface area contributed by atoms with E-state index in [0.29, 0.717) is 13.1 Å². The van der Waals surface area contributed by atoms with Crippen LogP contribution in [0, 0.1) is 0 Å². The maximum Gasteiger partial charge on any atom is 0.329 e. The molecule has 3 aromatic carbocycles. The fourth-order valence-corrected chi connectivity index (χ4v) is 5.09. The van der Waals surface area contributed by atoms with Gasteiger partial charge in [-0.2, -0.15) is 0 Å². The van der Waals surface area contributed by atoms with Crippen LogP contribution in [-0.4, -0.2) is 32.1 Å². The number of rotatable bonds is 5. The predicted octanol–water partition coefficient (Wildman–Crippen LogP) is 4.81. The number of nitrogens with zero attached hydrogens (tertiary/aromatic N) is 3. The number of H-pyrrole nitrogens is 1. The summed E-state index contributed by atoms with van der Waals surface area (Å²) in [5.41, 5.74) is 7.21. The van der Waals surface area contributed by atoms with Gasteiger partial charge in [-0.25, -0.2) is 4.79 Å². The Labute approximate surface area is 198 Å². The summed E-state index contributed by atoms with van der Waals surface area (Å²) < 4.78 is 3.84. The SMILES string of the molecule is Cl.O=c1n(CCN2CCc3c([nH]c4ccccc34)C2)c2ccccc2n1Cc1ccccc1. The quantitative estimate of drug-likeness (QED) is 0.410. The molecule has 0 radical (unpaired) electrons. The topological polar surface area (TPSA) is 46.0 Å². The molecule has 168 valence electrons. The first kappa shape index (κ1) is 21.6. The van der Waals surface area contributed by atoms with Crippen molar-refractivity contribution in [3.8, 4) is 0 Å². The molecule has 3 heterocycles. The Bertz CT molecular complexity index is 1460. The maximum absolute atomic E-state index is 13.4. The number of aromatic amines is 1. The van der Waals surface area contributed by atoms with Crippen LogP contribution in [0.4, 0.5) is 0 Å². The highest BCUT2D eigenvalue weighted by atomic mass is 35.5. The Kier molecular flexibility index (Phi) is 5.83. The van der Waals surface area contributed by atoms with Gasteiger partial charge in [-0.3, -0.25) is 14.0 Å². The summed E-state index contributed by atoms with van der Waals surface area (Å²) in [5, 5.41) is 1.35. The van der Waals surface area contributed by atoms with E-state index in [4.69, 9.17) is 0 Å². The van der Waals surface area contributed by atoms with Crippen LogP contribution in [0.25, 0.3) is 21.9 Å².